The molecule has 0 spiro atoms. The van der Waals surface area contributed by atoms with E-state index in [1.165, 1.54) is 31.5 Å². The standard InChI is InChI=1S/C9H9N7O3/c1-19-8-3-2-7(16(17)18)4-6(8)5-11-15-9(10)12-13-14-15/h2-5H,1H3,(H2,10,12,14). The zero-order chi connectivity index (χ0) is 13.8. The third kappa shape index (κ3) is 2.62. The van der Waals surface area contributed by atoms with Crippen LogP contribution in [0.25, 0.3) is 0 Å². The van der Waals surface area contributed by atoms with Crippen LogP contribution in [0.5, 0.6) is 5.75 Å². The second kappa shape index (κ2) is 5.08. The molecular formula is C9H9N7O3. The van der Waals surface area contributed by atoms with Gasteiger partial charge >= 0.3 is 0 Å². The van der Waals surface area contributed by atoms with E-state index in [1.54, 1.807) is 0 Å². The molecule has 0 saturated heterocycles. The van der Waals surface area contributed by atoms with E-state index in [0.29, 0.717) is 11.3 Å². The number of rotatable bonds is 4. The van der Waals surface area contributed by atoms with Gasteiger partial charge in [0.05, 0.1) is 18.2 Å². The van der Waals surface area contributed by atoms with Crippen LogP contribution in [0.4, 0.5) is 11.6 Å². The highest BCUT2D eigenvalue weighted by atomic mass is 16.6. The van der Waals surface area contributed by atoms with Crippen molar-refractivity contribution in [2.24, 2.45) is 5.10 Å². The summed E-state index contributed by atoms with van der Waals surface area (Å²) in [4.78, 5) is 11.2. The normalized spacial score (nSPS) is 10.8. The Kier molecular flexibility index (Phi) is 3.32. The van der Waals surface area contributed by atoms with Crippen molar-refractivity contribution in [2.75, 3.05) is 12.8 Å². The van der Waals surface area contributed by atoms with Gasteiger partial charge in [-0.25, -0.2) is 0 Å². The van der Waals surface area contributed by atoms with Crippen molar-refractivity contribution < 1.29 is 9.66 Å². The lowest BCUT2D eigenvalue weighted by atomic mass is 10.2. The van der Waals surface area contributed by atoms with Gasteiger partial charge in [-0.2, -0.15) is 5.10 Å². The predicted octanol–water partition coefficient (Wildman–Crippen LogP) is 0.0543. The molecule has 19 heavy (non-hydrogen) atoms. The average molecular weight is 263 g/mol. The van der Waals surface area contributed by atoms with Gasteiger partial charge in [0.2, 0.25) is 0 Å². The Labute approximate surface area is 106 Å². The molecule has 1 aromatic heterocycles. The first-order valence-corrected chi connectivity index (χ1v) is 5.02. The summed E-state index contributed by atoms with van der Waals surface area (Å²) in [5, 5.41) is 24.8. The molecule has 0 fully saturated rings. The summed E-state index contributed by atoms with van der Waals surface area (Å²) in [7, 11) is 1.45. The molecule has 0 unspecified atom stereocenters. The second-order valence-electron chi connectivity index (χ2n) is 3.35. The maximum atomic E-state index is 10.7. The fraction of sp³-hybridized carbons (Fsp3) is 0.111. The number of benzene rings is 1. The zero-order valence-corrected chi connectivity index (χ0v) is 9.79. The Morgan fingerprint density at radius 3 is 2.95 bits per heavy atom. The van der Waals surface area contributed by atoms with Gasteiger partial charge in [0.15, 0.2) is 0 Å². The maximum Gasteiger partial charge on any atom is 0.270 e. The molecule has 98 valence electrons. The molecule has 0 amide bonds. The molecule has 2 aromatic rings. The lowest BCUT2D eigenvalue weighted by Gasteiger charge is -2.03. The smallest absolute Gasteiger partial charge is 0.270 e. The number of nitro groups is 1. The van der Waals surface area contributed by atoms with E-state index < -0.39 is 4.92 Å². The van der Waals surface area contributed by atoms with E-state index in [2.05, 4.69) is 20.6 Å². The molecule has 10 heteroatoms. The summed E-state index contributed by atoms with van der Waals surface area (Å²) < 4.78 is 5.07. The largest absolute Gasteiger partial charge is 0.496 e. The van der Waals surface area contributed by atoms with E-state index in [0.717, 1.165) is 4.79 Å². The molecule has 1 aromatic carbocycles. The molecular weight excluding hydrogens is 254 g/mol. The van der Waals surface area contributed by atoms with E-state index >= 15 is 0 Å². The molecule has 1 heterocycles. The van der Waals surface area contributed by atoms with Gasteiger partial charge in [-0.1, -0.05) is 9.89 Å². The molecule has 0 aliphatic rings. The molecule has 0 aliphatic carbocycles. The minimum Gasteiger partial charge on any atom is -0.496 e. The zero-order valence-electron chi connectivity index (χ0n) is 9.79. The third-order valence-electron chi connectivity index (χ3n) is 2.21. The number of hydrogen-bond acceptors (Lipinski definition) is 8. The van der Waals surface area contributed by atoms with Crippen molar-refractivity contribution in [3.05, 3.63) is 33.9 Å². The highest BCUT2D eigenvalue weighted by Gasteiger charge is 2.10. The summed E-state index contributed by atoms with van der Waals surface area (Å²) in [5.41, 5.74) is 5.76. The molecule has 0 radical (unpaired) electrons. The van der Waals surface area contributed by atoms with Crippen LogP contribution in [0, 0.1) is 10.1 Å². The van der Waals surface area contributed by atoms with Gasteiger partial charge in [-0.05, 0) is 16.5 Å². The lowest BCUT2D eigenvalue weighted by molar-refractivity contribution is -0.384. The molecule has 2 N–H and O–H groups in total. The summed E-state index contributed by atoms with van der Waals surface area (Å²) in [6, 6.07) is 4.13. The summed E-state index contributed by atoms with van der Waals surface area (Å²) >= 11 is 0. The van der Waals surface area contributed by atoms with Crippen LogP contribution in [0.3, 0.4) is 0 Å². The first-order valence-electron chi connectivity index (χ1n) is 5.02. The van der Waals surface area contributed by atoms with E-state index in [9.17, 15) is 10.1 Å². The van der Waals surface area contributed by atoms with Gasteiger partial charge in [-0.15, -0.1) is 0 Å². The van der Waals surface area contributed by atoms with Crippen LogP contribution in [-0.2, 0) is 0 Å². The minimum atomic E-state index is -0.512. The van der Waals surface area contributed by atoms with Crippen molar-refractivity contribution >= 4 is 17.9 Å². The van der Waals surface area contributed by atoms with Crippen LogP contribution in [0.2, 0.25) is 0 Å². The van der Waals surface area contributed by atoms with E-state index in [-0.39, 0.29) is 11.6 Å². The number of nitrogens with two attached hydrogens (primary N) is 1. The molecule has 0 saturated carbocycles. The number of nitrogen functional groups attached to an aromatic ring is 1. The third-order valence-corrected chi connectivity index (χ3v) is 2.21. The number of non-ortho nitro benzene ring substituents is 1. The summed E-state index contributed by atoms with van der Waals surface area (Å²) in [5.74, 6) is 0.432. The number of tetrazole rings is 1. The topological polar surface area (TPSA) is 134 Å². The minimum absolute atomic E-state index is 0.000600. The number of nitrogens with zero attached hydrogens (tertiary/aromatic N) is 6. The molecule has 0 atom stereocenters. The van der Waals surface area contributed by atoms with Crippen LogP contribution >= 0.6 is 0 Å². The average Bonchev–Trinajstić information content (AvgIpc) is 2.81. The highest BCUT2D eigenvalue weighted by Crippen LogP contribution is 2.22. The second-order valence-corrected chi connectivity index (χ2v) is 3.35. The maximum absolute atomic E-state index is 10.7. The Morgan fingerprint density at radius 2 is 2.37 bits per heavy atom. The first-order chi connectivity index (χ1) is 9.11. The van der Waals surface area contributed by atoms with Gasteiger partial charge < -0.3 is 10.5 Å². The molecule has 10 nitrogen and oxygen atoms in total. The van der Waals surface area contributed by atoms with Crippen LogP contribution in [-0.4, -0.2) is 38.6 Å². The van der Waals surface area contributed by atoms with Crippen molar-refractivity contribution in [3.8, 4) is 5.75 Å². The van der Waals surface area contributed by atoms with Crippen LogP contribution in [0.1, 0.15) is 5.56 Å². The van der Waals surface area contributed by atoms with E-state index in [1.807, 2.05) is 0 Å². The van der Waals surface area contributed by atoms with Crippen molar-refractivity contribution in [1.29, 1.82) is 0 Å². The quantitative estimate of drug-likeness (QED) is 0.467. The summed E-state index contributed by atoms with van der Waals surface area (Å²) in [6.07, 6.45) is 1.32. The number of methoxy groups -OCH3 is 1. The van der Waals surface area contributed by atoms with Crippen molar-refractivity contribution in [2.45, 2.75) is 0 Å². The van der Waals surface area contributed by atoms with E-state index in [4.69, 9.17) is 10.5 Å². The Hall–Kier alpha value is -3.04. The van der Waals surface area contributed by atoms with Gasteiger partial charge in [0.1, 0.15) is 5.75 Å². The fourth-order valence-corrected chi connectivity index (χ4v) is 1.32. The molecule has 0 bridgehead atoms. The Bertz CT molecular complexity index is 636. The first kappa shape index (κ1) is 12.4. The fourth-order valence-electron chi connectivity index (χ4n) is 1.32. The van der Waals surface area contributed by atoms with Gasteiger partial charge in [0.25, 0.3) is 11.6 Å². The molecule has 2 rings (SSSR count). The number of anilines is 1. The van der Waals surface area contributed by atoms with Crippen LogP contribution < -0.4 is 10.5 Å². The summed E-state index contributed by atoms with van der Waals surface area (Å²) in [6.45, 7) is 0. The number of hydrogen-bond donors (Lipinski definition) is 1. The van der Waals surface area contributed by atoms with Gasteiger partial charge in [0, 0.05) is 17.7 Å². The number of ether oxygens (including phenoxy) is 1. The Balaban J connectivity index is 2.37. The monoisotopic (exact) mass is 263 g/mol. The predicted molar refractivity (Wildman–Crippen MR) is 64.9 cm³/mol. The Morgan fingerprint density at radius 1 is 1.58 bits per heavy atom. The number of nitro benzene ring substituents is 1. The van der Waals surface area contributed by atoms with Crippen LogP contribution in [0.15, 0.2) is 23.3 Å². The SMILES string of the molecule is COc1ccc([N+](=O)[O-])cc1C=Nn1nnnc1N. The highest BCUT2D eigenvalue weighted by molar-refractivity contribution is 5.84. The van der Waals surface area contributed by atoms with Crippen molar-refractivity contribution in [3.63, 3.8) is 0 Å². The van der Waals surface area contributed by atoms with Crippen molar-refractivity contribution in [1.82, 2.24) is 20.3 Å². The molecule has 0 aliphatic heterocycles. The lowest BCUT2D eigenvalue weighted by Crippen LogP contribution is -2.01. The number of aromatic nitrogens is 4. The van der Waals surface area contributed by atoms with Gasteiger partial charge in [-0.3, -0.25) is 10.1 Å².